The van der Waals surface area contributed by atoms with Crippen molar-refractivity contribution in [3.63, 3.8) is 0 Å². The molecule has 0 aromatic heterocycles. The van der Waals surface area contributed by atoms with Crippen molar-refractivity contribution in [2.75, 3.05) is 25.0 Å². The van der Waals surface area contributed by atoms with E-state index in [0.29, 0.717) is 48.2 Å². The molecule has 0 aliphatic rings. The molecule has 2 aromatic carbocycles. The lowest BCUT2D eigenvalue weighted by molar-refractivity contribution is -0.118. The Hall–Kier alpha value is -2.93. The van der Waals surface area contributed by atoms with Crippen molar-refractivity contribution in [1.29, 1.82) is 0 Å². The molecule has 0 saturated heterocycles. The molecule has 0 unspecified atom stereocenters. The Morgan fingerprint density at radius 2 is 1.71 bits per heavy atom. The third kappa shape index (κ3) is 8.76. The van der Waals surface area contributed by atoms with E-state index in [1.807, 2.05) is 48.5 Å². The summed E-state index contributed by atoms with van der Waals surface area (Å²) in [6.45, 7) is 5.20. The van der Waals surface area contributed by atoms with Gasteiger partial charge in [-0.05, 0) is 30.5 Å². The summed E-state index contributed by atoms with van der Waals surface area (Å²) in [7, 11) is 0. The number of hydrogen-bond acceptors (Lipinski definition) is 5. The van der Waals surface area contributed by atoms with Gasteiger partial charge in [-0.1, -0.05) is 49.7 Å². The Bertz CT molecular complexity index is 885. The lowest BCUT2D eigenvalue weighted by Crippen LogP contribution is -2.33. The number of unbranched alkanes of at least 4 members (excludes halogenated alkanes) is 1. The third-order valence-electron chi connectivity index (χ3n) is 4.37. The predicted molar refractivity (Wildman–Crippen MR) is 129 cm³/mol. The number of ether oxygens (including phenoxy) is 1. The Morgan fingerprint density at radius 1 is 0.968 bits per heavy atom. The van der Waals surface area contributed by atoms with Crippen molar-refractivity contribution in [2.24, 2.45) is 0 Å². The maximum Gasteiger partial charge on any atom is 0.268 e. The Balaban J connectivity index is 1.93. The second-order valence-corrected chi connectivity index (χ2v) is 7.48. The molecule has 3 N–H and O–H groups in total. The lowest BCUT2D eigenvalue weighted by atomic mass is 10.1. The van der Waals surface area contributed by atoms with Crippen molar-refractivity contribution < 1.29 is 14.3 Å². The van der Waals surface area contributed by atoms with Gasteiger partial charge < -0.3 is 20.7 Å². The van der Waals surface area contributed by atoms with Crippen molar-refractivity contribution >= 4 is 35.0 Å². The van der Waals surface area contributed by atoms with Gasteiger partial charge in [0.1, 0.15) is 11.4 Å². The number of carbonyl (C=O) groups is 2. The first kappa shape index (κ1) is 24.3. The fraction of sp³-hybridized carbons (Fsp3) is 0.333. The summed E-state index contributed by atoms with van der Waals surface area (Å²) < 4.78 is 5.77. The molecule has 0 aliphatic heterocycles. The fourth-order valence-corrected chi connectivity index (χ4v) is 3.15. The summed E-state index contributed by atoms with van der Waals surface area (Å²) in [5, 5.41) is 8.90. The molecular weight excluding hydrogens is 410 g/mol. The summed E-state index contributed by atoms with van der Waals surface area (Å²) in [5.74, 6) is 0.392. The number of amides is 2. The first-order valence-corrected chi connectivity index (χ1v) is 11.0. The molecule has 0 bridgehead atoms. The first-order valence-electron chi connectivity index (χ1n) is 10.5. The highest BCUT2D eigenvalue weighted by Gasteiger charge is 2.14. The highest BCUT2D eigenvalue weighted by molar-refractivity contribution is 7.90. The van der Waals surface area contributed by atoms with Crippen LogP contribution in [0, 0.1) is 0 Å². The Labute approximate surface area is 189 Å². The molecule has 2 rings (SSSR count). The monoisotopic (exact) mass is 441 g/mol. The topological polar surface area (TPSA) is 79.5 Å². The highest BCUT2D eigenvalue weighted by atomic mass is 32.1. The lowest BCUT2D eigenvalue weighted by Gasteiger charge is -2.15. The maximum atomic E-state index is 12.7. The summed E-state index contributed by atoms with van der Waals surface area (Å²) in [5.41, 5.74) is 2.03. The zero-order valence-corrected chi connectivity index (χ0v) is 19.0. The van der Waals surface area contributed by atoms with Gasteiger partial charge in [-0.25, -0.2) is 0 Å². The first-order chi connectivity index (χ1) is 15.0. The van der Waals surface area contributed by atoms with E-state index >= 15 is 0 Å². The van der Waals surface area contributed by atoms with Crippen LogP contribution in [-0.2, 0) is 9.59 Å². The minimum absolute atomic E-state index is 0.126. The van der Waals surface area contributed by atoms with E-state index in [2.05, 4.69) is 35.5 Å². The summed E-state index contributed by atoms with van der Waals surface area (Å²) in [6.07, 6.45) is 2.63. The largest absolute Gasteiger partial charge is 0.493 e. The highest BCUT2D eigenvalue weighted by Crippen LogP contribution is 2.21. The smallest absolute Gasteiger partial charge is 0.268 e. The van der Waals surface area contributed by atoms with Crippen LogP contribution >= 0.6 is 12.6 Å². The van der Waals surface area contributed by atoms with Crippen LogP contribution in [0.1, 0.15) is 38.7 Å². The van der Waals surface area contributed by atoms with Gasteiger partial charge in [0.05, 0.1) is 6.61 Å². The van der Waals surface area contributed by atoms with E-state index in [1.54, 1.807) is 6.07 Å². The van der Waals surface area contributed by atoms with E-state index < -0.39 is 0 Å². The molecule has 0 aliphatic carbocycles. The van der Waals surface area contributed by atoms with E-state index in [1.165, 1.54) is 6.92 Å². The fourth-order valence-electron chi connectivity index (χ4n) is 2.82. The molecule has 2 amide bonds. The quantitative estimate of drug-likeness (QED) is 0.226. The molecule has 7 heteroatoms. The molecule has 0 heterocycles. The maximum absolute atomic E-state index is 12.7. The van der Waals surface area contributed by atoms with Gasteiger partial charge in [-0.15, -0.1) is 12.6 Å². The van der Waals surface area contributed by atoms with Crippen LogP contribution in [0.2, 0.25) is 0 Å². The van der Waals surface area contributed by atoms with Gasteiger partial charge in [-0.3, -0.25) is 9.59 Å². The minimum Gasteiger partial charge on any atom is -0.493 e. The zero-order chi connectivity index (χ0) is 22.5. The molecule has 2 aromatic rings. The van der Waals surface area contributed by atoms with E-state index in [-0.39, 0.29) is 11.8 Å². The van der Waals surface area contributed by atoms with Crippen molar-refractivity contribution in [3.05, 3.63) is 65.9 Å². The molecule has 0 radical (unpaired) electrons. The second kappa shape index (κ2) is 13.4. The summed E-state index contributed by atoms with van der Waals surface area (Å²) in [6, 6.07) is 16.9. The van der Waals surface area contributed by atoms with E-state index in [0.717, 1.165) is 18.4 Å². The molecule has 0 spiro atoms. The summed E-state index contributed by atoms with van der Waals surface area (Å²) in [4.78, 5) is 24.5. The van der Waals surface area contributed by atoms with E-state index in [9.17, 15) is 9.59 Å². The number of hydrogen-bond donors (Lipinski definition) is 4. The number of anilines is 1. The molecule has 0 atom stereocenters. The number of thiol groups is 1. The normalized spacial score (nSPS) is 11.3. The van der Waals surface area contributed by atoms with Crippen LogP contribution in [0.4, 0.5) is 5.69 Å². The molecule has 31 heavy (non-hydrogen) atoms. The average Bonchev–Trinajstić information content (AvgIpc) is 2.76. The number of benzene rings is 2. The molecule has 0 saturated carbocycles. The zero-order valence-electron chi connectivity index (χ0n) is 18.1. The van der Waals surface area contributed by atoms with Crippen LogP contribution in [0.15, 0.2) is 60.3 Å². The average molecular weight is 442 g/mol. The van der Waals surface area contributed by atoms with Gasteiger partial charge in [0.25, 0.3) is 5.91 Å². The second-order valence-electron chi connectivity index (χ2n) is 7.04. The SMILES string of the molecule is CCCCNC(=O)/C(NCCCOc1cccc(NC(C)=O)c1)=C(\S)c1ccccc1. The number of rotatable bonds is 12. The van der Waals surface area contributed by atoms with Gasteiger partial charge in [0, 0.05) is 36.7 Å². The van der Waals surface area contributed by atoms with Crippen LogP contribution in [0.3, 0.4) is 0 Å². The van der Waals surface area contributed by atoms with Crippen LogP contribution in [0.25, 0.3) is 4.91 Å². The standard InChI is InChI=1S/C24H31N3O3S/c1-3-4-14-26-24(29)22(23(31)19-10-6-5-7-11-19)25-15-9-16-30-21-13-8-12-20(17-21)27-18(2)28/h5-8,10-13,17,25,31H,3-4,9,14-16H2,1-2H3,(H,26,29)(H,27,28)/b23-22+. The molecule has 166 valence electrons. The number of carbonyl (C=O) groups excluding carboxylic acids is 2. The van der Waals surface area contributed by atoms with Crippen molar-refractivity contribution in [2.45, 2.75) is 33.1 Å². The van der Waals surface area contributed by atoms with Crippen LogP contribution in [0.5, 0.6) is 5.75 Å². The number of nitrogens with one attached hydrogen (secondary N) is 3. The predicted octanol–water partition coefficient (Wildman–Crippen LogP) is 4.22. The van der Waals surface area contributed by atoms with Crippen molar-refractivity contribution in [1.82, 2.24) is 10.6 Å². The van der Waals surface area contributed by atoms with Crippen LogP contribution < -0.4 is 20.7 Å². The van der Waals surface area contributed by atoms with Gasteiger partial charge in [-0.2, -0.15) is 0 Å². The third-order valence-corrected chi connectivity index (χ3v) is 4.85. The molecular formula is C24H31N3O3S. The summed E-state index contributed by atoms with van der Waals surface area (Å²) >= 11 is 4.61. The Kier molecular flexibility index (Phi) is 10.5. The molecule has 6 nitrogen and oxygen atoms in total. The van der Waals surface area contributed by atoms with Gasteiger partial charge >= 0.3 is 0 Å². The van der Waals surface area contributed by atoms with Crippen molar-refractivity contribution in [3.8, 4) is 5.75 Å². The Morgan fingerprint density at radius 3 is 2.42 bits per heavy atom. The van der Waals surface area contributed by atoms with Gasteiger partial charge in [0.2, 0.25) is 5.91 Å². The van der Waals surface area contributed by atoms with E-state index in [4.69, 9.17) is 4.74 Å². The molecule has 0 fully saturated rings. The van der Waals surface area contributed by atoms with Crippen LogP contribution in [-0.4, -0.2) is 31.5 Å². The van der Waals surface area contributed by atoms with Gasteiger partial charge in [0.15, 0.2) is 0 Å². The minimum atomic E-state index is -0.161.